The fourth-order valence-corrected chi connectivity index (χ4v) is 2.15. The highest BCUT2D eigenvalue weighted by Crippen LogP contribution is 2.28. The number of methoxy groups -OCH3 is 1. The Morgan fingerprint density at radius 3 is 2.85 bits per heavy atom. The zero-order valence-electron chi connectivity index (χ0n) is 12.1. The summed E-state index contributed by atoms with van der Waals surface area (Å²) in [5.41, 5.74) is 1.35. The Balaban J connectivity index is 2.41. The van der Waals surface area contributed by atoms with Gasteiger partial charge >= 0.3 is 0 Å². The molecule has 0 bridgehead atoms. The molecule has 0 saturated carbocycles. The van der Waals surface area contributed by atoms with Crippen LogP contribution in [0.25, 0.3) is 0 Å². The molecule has 0 spiro atoms. The average molecular weight is 277 g/mol. The lowest BCUT2D eigenvalue weighted by Crippen LogP contribution is -2.24. The number of nitrogens with zero attached hydrogens (tertiary/aromatic N) is 2. The molecule has 1 aromatic heterocycles. The first-order valence-electron chi connectivity index (χ1n) is 6.71. The van der Waals surface area contributed by atoms with Crippen LogP contribution in [0.2, 0.25) is 0 Å². The predicted octanol–water partition coefficient (Wildman–Crippen LogP) is 2.66. The van der Waals surface area contributed by atoms with Crippen molar-refractivity contribution in [3.63, 3.8) is 0 Å². The van der Waals surface area contributed by atoms with Crippen molar-refractivity contribution in [1.29, 1.82) is 0 Å². The highest BCUT2D eigenvalue weighted by atomic mass is 19.1. The lowest BCUT2D eigenvalue weighted by molar-refractivity contribution is 0.381. The molecule has 4 nitrogen and oxygen atoms in total. The maximum atomic E-state index is 14.4. The third kappa shape index (κ3) is 2.99. The summed E-state index contributed by atoms with van der Waals surface area (Å²) in [6.07, 6.45) is 4.58. The van der Waals surface area contributed by atoms with Crippen LogP contribution in [-0.2, 0) is 7.05 Å². The minimum atomic E-state index is -0.339. The van der Waals surface area contributed by atoms with Gasteiger partial charge in [0.2, 0.25) is 0 Å². The molecule has 0 saturated heterocycles. The zero-order chi connectivity index (χ0) is 14.5. The van der Waals surface area contributed by atoms with Crippen molar-refractivity contribution in [3.05, 3.63) is 47.8 Å². The second-order valence-corrected chi connectivity index (χ2v) is 4.71. The van der Waals surface area contributed by atoms with Crippen LogP contribution in [0.1, 0.15) is 30.6 Å². The van der Waals surface area contributed by atoms with E-state index < -0.39 is 0 Å². The molecule has 0 aliphatic heterocycles. The summed E-state index contributed by atoms with van der Waals surface area (Å²) in [5, 5.41) is 3.34. The van der Waals surface area contributed by atoms with Crippen molar-refractivity contribution < 1.29 is 9.13 Å². The molecule has 1 unspecified atom stereocenters. The standard InChI is InChI=1S/C15H20FN3O/c1-4-8-17-15(12-9-19(2)10-18-12)11-6-5-7-13(20-3)14(11)16/h5-7,9-10,15,17H,4,8H2,1-3H3. The van der Waals surface area contributed by atoms with Crippen LogP contribution < -0.4 is 10.1 Å². The van der Waals surface area contributed by atoms with Gasteiger partial charge in [0, 0.05) is 18.8 Å². The van der Waals surface area contributed by atoms with Gasteiger partial charge in [0.15, 0.2) is 11.6 Å². The minimum absolute atomic E-state index is 0.252. The van der Waals surface area contributed by atoms with Crippen molar-refractivity contribution in [1.82, 2.24) is 14.9 Å². The Kier molecular flexibility index (Phi) is 4.74. The molecule has 1 N–H and O–H groups in total. The molecule has 108 valence electrons. The van der Waals surface area contributed by atoms with Gasteiger partial charge in [-0.3, -0.25) is 0 Å². The largest absolute Gasteiger partial charge is 0.494 e. The van der Waals surface area contributed by atoms with E-state index in [1.54, 1.807) is 24.5 Å². The van der Waals surface area contributed by atoms with E-state index in [4.69, 9.17) is 4.74 Å². The number of halogens is 1. The third-order valence-corrected chi connectivity index (χ3v) is 3.14. The van der Waals surface area contributed by atoms with Gasteiger partial charge in [0.05, 0.1) is 25.2 Å². The van der Waals surface area contributed by atoms with Gasteiger partial charge < -0.3 is 14.6 Å². The van der Waals surface area contributed by atoms with Crippen LogP contribution in [0.5, 0.6) is 5.75 Å². The molecular weight excluding hydrogens is 257 g/mol. The Hall–Kier alpha value is -1.88. The van der Waals surface area contributed by atoms with Gasteiger partial charge in [-0.1, -0.05) is 19.1 Å². The number of aromatic nitrogens is 2. The van der Waals surface area contributed by atoms with E-state index in [9.17, 15) is 4.39 Å². The van der Waals surface area contributed by atoms with Crippen molar-refractivity contribution in [2.75, 3.05) is 13.7 Å². The van der Waals surface area contributed by atoms with Crippen LogP contribution in [0.15, 0.2) is 30.7 Å². The number of ether oxygens (including phenoxy) is 1. The molecule has 2 aromatic rings. The lowest BCUT2D eigenvalue weighted by atomic mass is 10.0. The third-order valence-electron chi connectivity index (χ3n) is 3.14. The summed E-state index contributed by atoms with van der Waals surface area (Å²) in [4.78, 5) is 4.33. The molecule has 0 radical (unpaired) electrons. The summed E-state index contributed by atoms with van der Waals surface area (Å²) >= 11 is 0. The van der Waals surface area contributed by atoms with Crippen molar-refractivity contribution >= 4 is 0 Å². The van der Waals surface area contributed by atoms with Gasteiger partial charge in [-0.05, 0) is 19.0 Å². The van der Waals surface area contributed by atoms with Crippen molar-refractivity contribution in [3.8, 4) is 5.75 Å². The summed E-state index contributed by atoms with van der Waals surface area (Å²) < 4.78 is 21.4. The molecule has 1 aromatic carbocycles. The normalized spacial score (nSPS) is 12.4. The van der Waals surface area contributed by atoms with E-state index in [2.05, 4.69) is 17.2 Å². The van der Waals surface area contributed by atoms with Crippen molar-refractivity contribution in [2.24, 2.45) is 7.05 Å². The fraction of sp³-hybridized carbons (Fsp3) is 0.400. The predicted molar refractivity (Wildman–Crippen MR) is 76.3 cm³/mol. The first-order chi connectivity index (χ1) is 9.67. The summed E-state index contributed by atoms with van der Waals surface area (Å²) in [6.45, 7) is 2.86. The number of nitrogens with one attached hydrogen (secondary N) is 1. The minimum Gasteiger partial charge on any atom is -0.494 e. The van der Waals surface area contributed by atoms with E-state index >= 15 is 0 Å². The number of hydrogen-bond donors (Lipinski definition) is 1. The molecule has 1 atom stereocenters. The molecule has 0 fully saturated rings. The Bertz CT molecular complexity index is 568. The van der Waals surface area contributed by atoms with Crippen LogP contribution in [0.3, 0.4) is 0 Å². The molecule has 20 heavy (non-hydrogen) atoms. The molecular formula is C15H20FN3O. The molecule has 0 amide bonds. The highest BCUT2D eigenvalue weighted by Gasteiger charge is 2.21. The van der Waals surface area contributed by atoms with Gasteiger partial charge in [-0.25, -0.2) is 9.37 Å². The summed E-state index contributed by atoms with van der Waals surface area (Å²) in [5.74, 6) is -0.0871. The van der Waals surface area contributed by atoms with Crippen molar-refractivity contribution in [2.45, 2.75) is 19.4 Å². The smallest absolute Gasteiger partial charge is 0.170 e. The van der Waals surface area contributed by atoms with Gasteiger partial charge in [0.25, 0.3) is 0 Å². The Morgan fingerprint density at radius 2 is 2.25 bits per heavy atom. The van der Waals surface area contributed by atoms with Gasteiger partial charge in [0.1, 0.15) is 0 Å². The van der Waals surface area contributed by atoms with Gasteiger partial charge in [-0.2, -0.15) is 0 Å². The quantitative estimate of drug-likeness (QED) is 0.882. The number of rotatable bonds is 6. The molecule has 0 aliphatic carbocycles. The topological polar surface area (TPSA) is 39.1 Å². The number of hydrogen-bond acceptors (Lipinski definition) is 3. The van der Waals surface area contributed by atoms with Crippen LogP contribution in [0.4, 0.5) is 4.39 Å². The fourth-order valence-electron chi connectivity index (χ4n) is 2.15. The second kappa shape index (κ2) is 6.52. The Morgan fingerprint density at radius 1 is 1.45 bits per heavy atom. The van der Waals surface area contributed by atoms with Crippen LogP contribution >= 0.6 is 0 Å². The van der Waals surface area contributed by atoms with E-state index in [1.165, 1.54) is 7.11 Å². The zero-order valence-corrected chi connectivity index (χ0v) is 12.1. The maximum Gasteiger partial charge on any atom is 0.170 e. The average Bonchev–Trinajstić information content (AvgIpc) is 2.87. The van der Waals surface area contributed by atoms with Crippen LogP contribution in [0, 0.1) is 5.82 Å². The lowest BCUT2D eigenvalue weighted by Gasteiger charge is -2.18. The Labute approximate surface area is 118 Å². The maximum absolute atomic E-state index is 14.4. The highest BCUT2D eigenvalue weighted by molar-refractivity contribution is 5.36. The summed E-state index contributed by atoms with van der Waals surface area (Å²) in [6, 6.07) is 4.90. The molecule has 2 rings (SSSR count). The van der Waals surface area contributed by atoms with E-state index in [0.29, 0.717) is 5.56 Å². The summed E-state index contributed by atoms with van der Waals surface area (Å²) in [7, 11) is 3.37. The molecule has 5 heteroatoms. The van der Waals surface area contributed by atoms with E-state index in [-0.39, 0.29) is 17.6 Å². The SMILES string of the molecule is CCCNC(c1cn(C)cn1)c1cccc(OC)c1F. The number of aryl methyl sites for hydroxylation is 1. The number of benzene rings is 1. The molecule has 1 heterocycles. The molecule has 0 aliphatic rings. The van der Waals surface area contributed by atoms with Gasteiger partial charge in [-0.15, -0.1) is 0 Å². The number of imidazole rings is 1. The van der Waals surface area contributed by atoms with E-state index in [0.717, 1.165) is 18.7 Å². The van der Waals surface area contributed by atoms with Crippen LogP contribution in [-0.4, -0.2) is 23.2 Å². The van der Waals surface area contributed by atoms with E-state index in [1.807, 2.05) is 17.8 Å². The second-order valence-electron chi connectivity index (χ2n) is 4.71. The monoisotopic (exact) mass is 277 g/mol. The first-order valence-corrected chi connectivity index (χ1v) is 6.71. The first kappa shape index (κ1) is 14.5.